The summed E-state index contributed by atoms with van der Waals surface area (Å²) in [6.45, 7) is 3.93. The molecule has 0 bridgehead atoms. The summed E-state index contributed by atoms with van der Waals surface area (Å²) in [5, 5.41) is 11.3. The largest absolute Gasteiger partial charge is 0.384 e. The molecule has 4 heteroatoms. The number of amides is 1. The summed E-state index contributed by atoms with van der Waals surface area (Å²) >= 11 is 0. The monoisotopic (exact) mass is 325 g/mol. The highest BCUT2D eigenvalue weighted by Crippen LogP contribution is 2.38. The van der Waals surface area contributed by atoms with Gasteiger partial charge in [-0.25, -0.2) is 0 Å². The van der Waals surface area contributed by atoms with Gasteiger partial charge in [-0.05, 0) is 18.1 Å². The number of rotatable bonds is 4. The van der Waals surface area contributed by atoms with E-state index in [9.17, 15) is 9.90 Å². The van der Waals surface area contributed by atoms with Gasteiger partial charge in [-0.3, -0.25) is 4.79 Å². The van der Waals surface area contributed by atoms with Crippen LogP contribution in [0.5, 0.6) is 0 Å². The minimum absolute atomic E-state index is 0.0571. The van der Waals surface area contributed by atoms with Crippen molar-refractivity contribution >= 4 is 5.91 Å². The predicted molar refractivity (Wildman–Crippen MR) is 92.6 cm³/mol. The summed E-state index contributed by atoms with van der Waals surface area (Å²) in [5.41, 5.74) is 0.265. The Bertz CT molecular complexity index is 664. The second-order valence-electron chi connectivity index (χ2n) is 6.29. The molecule has 0 spiro atoms. The van der Waals surface area contributed by atoms with Crippen LogP contribution in [0.2, 0.25) is 0 Å². The van der Waals surface area contributed by atoms with Gasteiger partial charge in [0, 0.05) is 13.1 Å². The molecule has 2 aromatic rings. The van der Waals surface area contributed by atoms with Crippen molar-refractivity contribution in [1.82, 2.24) is 4.90 Å². The van der Waals surface area contributed by atoms with Gasteiger partial charge in [0.2, 0.25) is 5.91 Å². The van der Waals surface area contributed by atoms with Crippen LogP contribution in [-0.4, -0.2) is 42.2 Å². The molecule has 2 atom stereocenters. The molecular formula is C20H23NO3. The number of aliphatic hydroxyl groups is 1. The first kappa shape index (κ1) is 16.7. The lowest BCUT2D eigenvalue weighted by Crippen LogP contribution is -2.48. The lowest BCUT2D eigenvalue weighted by Gasteiger charge is -2.37. The maximum Gasteiger partial charge on any atom is 0.233 e. The second kappa shape index (κ2) is 7.16. The number of carbonyl (C=O) groups is 1. The van der Waals surface area contributed by atoms with Crippen molar-refractivity contribution in [2.24, 2.45) is 0 Å². The first-order valence-electron chi connectivity index (χ1n) is 8.30. The minimum atomic E-state index is -1.29. The Morgan fingerprint density at radius 3 is 2.17 bits per heavy atom. The summed E-state index contributed by atoms with van der Waals surface area (Å²) < 4.78 is 5.35. The first-order valence-corrected chi connectivity index (χ1v) is 8.30. The molecule has 2 unspecified atom stereocenters. The summed E-state index contributed by atoms with van der Waals surface area (Å²) in [7, 11) is 0. The van der Waals surface area contributed by atoms with E-state index in [4.69, 9.17) is 4.74 Å². The third kappa shape index (κ3) is 3.35. The van der Waals surface area contributed by atoms with E-state index >= 15 is 0 Å². The molecule has 2 aromatic carbocycles. The molecule has 0 aromatic heterocycles. The average molecular weight is 325 g/mol. The Hall–Kier alpha value is -2.17. The number of hydrogen-bond acceptors (Lipinski definition) is 3. The fourth-order valence-electron chi connectivity index (χ4n) is 3.26. The average Bonchev–Trinajstić information content (AvgIpc) is 2.64. The molecule has 24 heavy (non-hydrogen) atoms. The molecule has 1 saturated heterocycles. The molecular weight excluding hydrogens is 302 g/mol. The Balaban J connectivity index is 2.00. The Kier molecular flexibility index (Phi) is 4.97. The van der Waals surface area contributed by atoms with Gasteiger partial charge in [0.15, 0.2) is 0 Å². The van der Waals surface area contributed by atoms with E-state index in [0.717, 1.165) is 11.1 Å². The van der Waals surface area contributed by atoms with Gasteiger partial charge in [0.05, 0.1) is 19.1 Å². The quantitative estimate of drug-likeness (QED) is 0.940. The Morgan fingerprint density at radius 1 is 1.04 bits per heavy atom. The van der Waals surface area contributed by atoms with Gasteiger partial charge in [0.25, 0.3) is 0 Å². The van der Waals surface area contributed by atoms with Crippen molar-refractivity contribution in [2.75, 3.05) is 26.3 Å². The highest BCUT2D eigenvalue weighted by Gasteiger charge is 2.42. The van der Waals surface area contributed by atoms with Crippen LogP contribution in [0.1, 0.15) is 24.0 Å². The smallest absolute Gasteiger partial charge is 0.233 e. The molecule has 1 fully saturated rings. The molecule has 1 aliphatic heterocycles. The van der Waals surface area contributed by atoms with E-state index in [1.807, 2.05) is 60.7 Å². The van der Waals surface area contributed by atoms with E-state index in [-0.39, 0.29) is 5.91 Å². The van der Waals surface area contributed by atoms with Crippen LogP contribution < -0.4 is 0 Å². The molecule has 126 valence electrons. The van der Waals surface area contributed by atoms with E-state index in [0.29, 0.717) is 26.3 Å². The lowest BCUT2D eigenvalue weighted by molar-refractivity contribution is -0.143. The number of carbonyl (C=O) groups excluding carboxylic acids is 1. The highest BCUT2D eigenvalue weighted by atomic mass is 16.5. The summed E-state index contributed by atoms with van der Waals surface area (Å²) in [4.78, 5) is 15.0. The zero-order chi connectivity index (χ0) is 17.0. The Labute approximate surface area is 142 Å². The van der Waals surface area contributed by atoms with E-state index in [2.05, 4.69) is 0 Å². The molecule has 0 radical (unpaired) electrons. The molecule has 0 aliphatic carbocycles. The van der Waals surface area contributed by atoms with E-state index in [1.165, 1.54) is 0 Å². The second-order valence-corrected chi connectivity index (χ2v) is 6.29. The van der Waals surface area contributed by atoms with Crippen LogP contribution >= 0.6 is 0 Å². The van der Waals surface area contributed by atoms with Gasteiger partial charge in [-0.1, -0.05) is 60.7 Å². The molecule has 4 nitrogen and oxygen atoms in total. The fourth-order valence-corrected chi connectivity index (χ4v) is 3.26. The SMILES string of the molecule is CC(O)(c1ccccc1)C(C(=O)N1CCOCC1)c1ccccc1. The van der Waals surface area contributed by atoms with Crippen molar-refractivity contribution in [2.45, 2.75) is 18.4 Å². The first-order chi connectivity index (χ1) is 11.6. The number of benzene rings is 2. The summed E-state index contributed by atoms with van der Waals surface area (Å²) in [6, 6.07) is 18.9. The van der Waals surface area contributed by atoms with Gasteiger partial charge in [-0.15, -0.1) is 0 Å². The van der Waals surface area contributed by atoms with Crippen molar-refractivity contribution in [3.05, 3.63) is 71.8 Å². The molecule has 0 saturated carbocycles. The number of morpholine rings is 1. The van der Waals surface area contributed by atoms with Crippen molar-refractivity contribution in [1.29, 1.82) is 0 Å². The van der Waals surface area contributed by atoms with Crippen LogP contribution in [0.15, 0.2) is 60.7 Å². The highest BCUT2D eigenvalue weighted by molar-refractivity contribution is 5.85. The minimum Gasteiger partial charge on any atom is -0.384 e. The number of nitrogens with zero attached hydrogens (tertiary/aromatic N) is 1. The van der Waals surface area contributed by atoms with Crippen molar-refractivity contribution in [3.63, 3.8) is 0 Å². The standard InChI is InChI=1S/C20H23NO3/c1-20(23,17-10-6-3-7-11-17)18(16-8-4-2-5-9-16)19(22)21-12-14-24-15-13-21/h2-11,18,23H,12-15H2,1H3. The van der Waals surface area contributed by atoms with Crippen LogP contribution in [0, 0.1) is 0 Å². The number of ether oxygens (including phenoxy) is 1. The zero-order valence-corrected chi connectivity index (χ0v) is 13.9. The van der Waals surface area contributed by atoms with Gasteiger partial charge in [0.1, 0.15) is 5.60 Å². The molecule has 1 heterocycles. The van der Waals surface area contributed by atoms with Crippen LogP contribution in [0.4, 0.5) is 0 Å². The summed E-state index contributed by atoms with van der Waals surface area (Å²) in [6.07, 6.45) is 0. The number of hydrogen-bond donors (Lipinski definition) is 1. The molecule has 1 aliphatic rings. The maximum atomic E-state index is 13.2. The van der Waals surface area contributed by atoms with Crippen LogP contribution in [0.25, 0.3) is 0 Å². The zero-order valence-electron chi connectivity index (χ0n) is 13.9. The van der Waals surface area contributed by atoms with Gasteiger partial charge >= 0.3 is 0 Å². The van der Waals surface area contributed by atoms with E-state index in [1.54, 1.807) is 11.8 Å². The van der Waals surface area contributed by atoms with Crippen molar-refractivity contribution in [3.8, 4) is 0 Å². The van der Waals surface area contributed by atoms with Crippen molar-refractivity contribution < 1.29 is 14.6 Å². The van der Waals surface area contributed by atoms with Gasteiger partial charge < -0.3 is 14.7 Å². The van der Waals surface area contributed by atoms with E-state index < -0.39 is 11.5 Å². The third-order valence-corrected chi connectivity index (χ3v) is 4.62. The molecule has 3 rings (SSSR count). The lowest BCUT2D eigenvalue weighted by atomic mass is 9.77. The topological polar surface area (TPSA) is 49.8 Å². The maximum absolute atomic E-state index is 13.2. The van der Waals surface area contributed by atoms with Gasteiger partial charge in [-0.2, -0.15) is 0 Å². The molecule has 1 amide bonds. The van der Waals surface area contributed by atoms with Crippen LogP contribution in [0.3, 0.4) is 0 Å². The Morgan fingerprint density at radius 2 is 1.58 bits per heavy atom. The summed E-state index contributed by atoms with van der Waals surface area (Å²) in [5.74, 6) is -0.711. The fraction of sp³-hybridized carbons (Fsp3) is 0.350. The molecule has 1 N–H and O–H groups in total. The normalized spacial score (nSPS) is 18.7. The predicted octanol–water partition coefficient (Wildman–Crippen LogP) is 2.54. The third-order valence-electron chi connectivity index (χ3n) is 4.62. The van der Waals surface area contributed by atoms with Crippen LogP contribution in [-0.2, 0) is 15.1 Å².